The van der Waals surface area contributed by atoms with Crippen LogP contribution in [-0.4, -0.2) is 22.0 Å². The smallest absolute Gasteiger partial charge is 0.336 e. The molecule has 3 aromatic carbocycles. The second-order valence-electron chi connectivity index (χ2n) is 7.32. The zero-order chi connectivity index (χ0) is 24.2. The number of aromatic nitrogens is 1. The number of hydrogen-bond acceptors (Lipinski definition) is 5. The van der Waals surface area contributed by atoms with Gasteiger partial charge < -0.3 is 16.2 Å². The second-order valence-corrected chi connectivity index (χ2v) is 7.75. The number of nitrogen functional groups attached to an aromatic ring is 1. The van der Waals surface area contributed by atoms with Gasteiger partial charge in [-0.15, -0.1) is 0 Å². The average molecular weight is 469 g/mol. The lowest BCUT2D eigenvalue weighted by Crippen LogP contribution is -2.16. The van der Waals surface area contributed by atoms with Crippen LogP contribution in [0.4, 0.5) is 11.5 Å². The molecule has 0 aliphatic rings. The van der Waals surface area contributed by atoms with E-state index >= 15 is 0 Å². The van der Waals surface area contributed by atoms with Crippen molar-refractivity contribution >= 4 is 35.0 Å². The molecule has 34 heavy (non-hydrogen) atoms. The molecule has 0 saturated carbocycles. The third-order valence-corrected chi connectivity index (χ3v) is 5.41. The van der Waals surface area contributed by atoms with Crippen LogP contribution in [0.15, 0.2) is 78.9 Å². The average Bonchev–Trinajstić information content (AvgIpc) is 2.84. The summed E-state index contributed by atoms with van der Waals surface area (Å²) in [7, 11) is 0. The van der Waals surface area contributed by atoms with E-state index in [-0.39, 0.29) is 22.5 Å². The van der Waals surface area contributed by atoms with Crippen molar-refractivity contribution in [2.45, 2.75) is 0 Å². The molecule has 0 bridgehead atoms. The Balaban J connectivity index is 1.63. The molecule has 4 N–H and O–H groups in total. The summed E-state index contributed by atoms with van der Waals surface area (Å²) in [5, 5.41) is 22.1. The van der Waals surface area contributed by atoms with Gasteiger partial charge in [0.1, 0.15) is 17.5 Å². The second kappa shape index (κ2) is 9.45. The maximum atomic E-state index is 12.6. The number of anilines is 2. The zero-order valence-corrected chi connectivity index (χ0v) is 18.4. The third kappa shape index (κ3) is 4.58. The fourth-order valence-corrected chi connectivity index (χ4v) is 3.60. The van der Waals surface area contributed by atoms with Crippen LogP contribution >= 0.6 is 11.6 Å². The minimum absolute atomic E-state index is 0.0632. The van der Waals surface area contributed by atoms with Crippen molar-refractivity contribution in [2.24, 2.45) is 0 Å². The number of carbonyl (C=O) groups is 2. The first-order chi connectivity index (χ1) is 16.4. The van der Waals surface area contributed by atoms with Crippen LogP contribution in [0.5, 0.6) is 0 Å². The topological polar surface area (TPSA) is 129 Å². The Kier molecular flexibility index (Phi) is 6.26. The summed E-state index contributed by atoms with van der Waals surface area (Å²) >= 11 is 5.98. The Morgan fingerprint density at radius 2 is 1.56 bits per heavy atom. The molecule has 4 aromatic rings. The van der Waals surface area contributed by atoms with Gasteiger partial charge in [-0.1, -0.05) is 48.0 Å². The lowest BCUT2D eigenvalue weighted by atomic mass is 9.98. The van der Waals surface area contributed by atoms with E-state index in [1.807, 2.05) is 0 Å². The Bertz CT molecular complexity index is 1440. The van der Waals surface area contributed by atoms with Crippen LogP contribution in [0.25, 0.3) is 22.4 Å². The molecule has 0 unspecified atom stereocenters. The molecule has 0 spiro atoms. The molecule has 166 valence electrons. The molecule has 0 aliphatic carbocycles. The number of halogens is 1. The van der Waals surface area contributed by atoms with E-state index in [0.29, 0.717) is 22.0 Å². The van der Waals surface area contributed by atoms with Crippen molar-refractivity contribution in [1.82, 2.24) is 4.98 Å². The number of amides is 1. The number of carboxylic acids is 1. The highest BCUT2D eigenvalue weighted by molar-refractivity contribution is 6.30. The van der Waals surface area contributed by atoms with Gasteiger partial charge in [-0.3, -0.25) is 4.79 Å². The summed E-state index contributed by atoms with van der Waals surface area (Å²) in [6.45, 7) is 0. The first kappa shape index (κ1) is 22.5. The number of carbonyl (C=O) groups excluding carboxylic acids is 1. The first-order valence-corrected chi connectivity index (χ1v) is 10.5. The minimum atomic E-state index is -1.18. The molecule has 0 fully saturated rings. The highest BCUT2D eigenvalue weighted by Crippen LogP contribution is 2.32. The monoisotopic (exact) mass is 468 g/mol. The van der Waals surface area contributed by atoms with Crippen LogP contribution in [0, 0.1) is 11.3 Å². The number of aromatic carboxylic acids is 1. The van der Waals surface area contributed by atoms with Crippen molar-refractivity contribution < 1.29 is 14.7 Å². The molecule has 1 heterocycles. The zero-order valence-electron chi connectivity index (χ0n) is 17.6. The van der Waals surface area contributed by atoms with Crippen LogP contribution < -0.4 is 11.1 Å². The number of rotatable bonds is 5. The molecular weight excluding hydrogens is 452 g/mol. The molecule has 0 aliphatic heterocycles. The van der Waals surface area contributed by atoms with Crippen molar-refractivity contribution in [2.75, 3.05) is 11.1 Å². The molecule has 4 rings (SSSR count). The van der Waals surface area contributed by atoms with Crippen LogP contribution in [-0.2, 0) is 0 Å². The van der Waals surface area contributed by atoms with Crippen LogP contribution in [0.2, 0.25) is 5.02 Å². The van der Waals surface area contributed by atoms with Gasteiger partial charge in [-0.2, -0.15) is 5.26 Å². The molecule has 0 radical (unpaired) electrons. The van der Waals surface area contributed by atoms with Gasteiger partial charge in [-0.25, -0.2) is 9.78 Å². The number of nitrogens with two attached hydrogens (primary N) is 1. The molecule has 0 atom stereocenters. The number of pyridine rings is 1. The maximum Gasteiger partial charge on any atom is 0.336 e. The number of nitriles is 1. The largest absolute Gasteiger partial charge is 0.478 e. The fraction of sp³-hybridized carbons (Fsp3) is 0. The summed E-state index contributed by atoms with van der Waals surface area (Å²) in [5.74, 6) is -1.61. The summed E-state index contributed by atoms with van der Waals surface area (Å²) < 4.78 is 0. The van der Waals surface area contributed by atoms with E-state index in [2.05, 4.69) is 16.4 Å². The van der Waals surface area contributed by atoms with Gasteiger partial charge in [0.2, 0.25) is 0 Å². The van der Waals surface area contributed by atoms with Gasteiger partial charge in [0, 0.05) is 21.8 Å². The summed E-state index contributed by atoms with van der Waals surface area (Å²) in [6, 6.07) is 23.8. The number of benzene rings is 3. The lowest BCUT2D eigenvalue weighted by Gasteiger charge is -2.11. The fourth-order valence-electron chi connectivity index (χ4n) is 3.48. The Morgan fingerprint density at radius 1 is 0.941 bits per heavy atom. The van der Waals surface area contributed by atoms with E-state index in [1.54, 1.807) is 66.7 Å². The summed E-state index contributed by atoms with van der Waals surface area (Å²) in [4.78, 5) is 28.3. The van der Waals surface area contributed by atoms with E-state index in [4.69, 9.17) is 17.3 Å². The highest BCUT2D eigenvalue weighted by Gasteiger charge is 2.17. The molecule has 8 heteroatoms. The van der Waals surface area contributed by atoms with Gasteiger partial charge in [0.25, 0.3) is 5.91 Å². The van der Waals surface area contributed by atoms with Crippen molar-refractivity contribution in [1.29, 1.82) is 5.26 Å². The van der Waals surface area contributed by atoms with E-state index in [1.165, 1.54) is 12.1 Å². The molecule has 1 aromatic heterocycles. The molecule has 7 nitrogen and oxygen atoms in total. The molecule has 0 saturated heterocycles. The van der Waals surface area contributed by atoms with Crippen molar-refractivity contribution in [3.63, 3.8) is 0 Å². The number of nitrogens with zero attached hydrogens (tertiary/aromatic N) is 2. The van der Waals surface area contributed by atoms with Gasteiger partial charge in [0.15, 0.2) is 0 Å². The van der Waals surface area contributed by atoms with Gasteiger partial charge in [0.05, 0.1) is 16.8 Å². The lowest BCUT2D eigenvalue weighted by molar-refractivity contribution is 0.0692. The Hall–Kier alpha value is -4.67. The normalized spacial score (nSPS) is 10.4. The summed E-state index contributed by atoms with van der Waals surface area (Å²) in [6.07, 6.45) is 0. The molecular formula is C26H17ClN4O3. The predicted molar refractivity (Wildman–Crippen MR) is 131 cm³/mol. The first-order valence-electron chi connectivity index (χ1n) is 10.1. The SMILES string of the molecule is N#Cc1c(-c2ccc(Cl)cc2)cc(-c2ccc(NC(=O)c3ccccc3C(=O)O)cc2)nc1N. The minimum Gasteiger partial charge on any atom is -0.478 e. The van der Waals surface area contributed by atoms with Crippen LogP contribution in [0.1, 0.15) is 26.3 Å². The number of carboxylic acid groups (broad SMARTS) is 1. The predicted octanol–water partition coefficient (Wildman–Crippen LogP) is 5.47. The third-order valence-electron chi connectivity index (χ3n) is 5.16. The van der Waals surface area contributed by atoms with Gasteiger partial charge >= 0.3 is 5.97 Å². The van der Waals surface area contributed by atoms with Crippen LogP contribution in [0.3, 0.4) is 0 Å². The highest BCUT2D eigenvalue weighted by atomic mass is 35.5. The van der Waals surface area contributed by atoms with Crippen molar-refractivity contribution in [3.05, 3.63) is 101 Å². The Morgan fingerprint density at radius 3 is 2.18 bits per heavy atom. The van der Waals surface area contributed by atoms with Crippen molar-refractivity contribution in [3.8, 4) is 28.5 Å². The van der Waals surface area contributed by atoms with E-state index in [0.717, 1.165) is 11.1 Å². The Labute approximate surface area is 200 Å². The summed E-state index contributed by atoms with van der Waals surface area (Å²) in [5.41, 5.74) is 9.48. The van der Waals surface area contributed by atoms with Gasteiger partial charge in [-0.05, 0) is 48.0 Å². The maximum absolute atomic E-state index is 12.6. The van der Waals surface area contributed by atoms with E-state index in [9.17, 15) is 20.0 Å². The van der Waals surface area contributed by atoms with E-state index < -0.39 is 11.9 Å². The standard InChI is InChI=1S/C26H17ClN4O3/c27-17-9-5-15(6-10-17)21-13-23(31-24(29)22(21)14-28)16-7-11-18(12-8-16)30-25(32)19-3-1-2-4-20(19)26(33)34/h1-13H,(H2,29,31)(H,30,32)(H,33,34). The number of nitrogens with one attached hydrogen (secondary N) is 1. The quantitative estimate of drug-likeness (QED) is 0.356. The number of hydrogen-bond donors (Lipinski definition) is 3. The molecule has 1 amide bonds.